The molecule has 31 heavy (non-hydrogen) atoms. The van der Waals surface area contributed by atoms with Crippen molar-refractivity contribution in [2.75, 3.05) is 25.5 Å². The lowest BCUT2D eigenvalue weighted by Gasteiger charge is -2.25. The summed E-state index contributed by atoms with van der Waals surface area (Å²) in [5, 5.41) is 11.0. The van der Waals surface area contributed by atoms with Crippen LogP contribution < -0.4 is 10.1 Å². The summed E-state index contributed by atoms with van der Waals surface area (Å²) in [6.45, 7) is 1.43. The highest BCUT2D eigenvalue weighted by atomic mass is 32.2. The van der Waals surface area contributed by atoms with Crippen LogP contribution in [-0.2, 0) is 21.4 Å². The van der Waals surface area contributed by atoms with Crippen molar-refractivity contribution >= 4 is 32.7 Å². The average Bonchev–Trinajstić information content (AvgIpc) is 3.20. The first-order chi connectivity index (χ1) is 15.0. The van der Waals surface area contributed by atoms with Crippen molar-refractivity contribution in [3.05, 3.63) is 42.5 Å². The molecule has 164 valence electrons. The lowest BCUT2D eigenvalue weighted by molar-refractivity contribution is -0.116. The topological polar surface area (TPSA) is 106 Å². The number of anilines is 1. The summed E-state index contributed by atoms with van der Waals surface area (Å²) in [7, 11) is -1.96. The number of amides is 1. The number of nitrogens with zero attached hydrogens (tertiary/aromatic N) is 4. The highest BCUT2D eigenvalue weighted by molar-refractivity contribution is 7.89. The van der Waals surface area contributed by atoms with Gasteiger partial charge in [-0.05, 0) is 43.2 Å². The number of ether oxygens (including phenoxy) is 1. The second-order valence-corrected chi connectivity index (χ2v) is 9.40. The molecule has 1 amide bonds. The van der Waals surface area contributed by atoms with Gasteiger partial charge in [0.15, 0.2) is 0 Å². The largest absolute Gasteiger partial charge is 0.497 e. The lowest BCUT2D eigenvalue weighted by Crippen LogP contribution is -2.35. The molecule has 10 heteroatoms. The molecule has 9 nitrogen and oxygen atoms in total. The summed E-state index contributed by atoms with van der Waals surface area (Å²) in [5.74, 6) is 0.497. The van der Waals surface area contributed by atoms with Gasteiger partial charge in [-0.2, -0.15) is 4.31 Å². The van der Waals surface area contributed by atoms with Gasteiger partial charge in [-0.25, -0.2) is 13.1 Å². The first-order valence-corrected chi connectivity index (χ1v) is 11.7. The van der Waals surface area contributed by atoms with Crippen molar-refractivity contribution in [2.24, 2.45) is 0 Å². The zero-order chi connectivity index (χ0) is 21.8. The van der Waals surface area contributed by atoms with Crippen molar-refractivity contribution in [1.82, 2.24) is 19.3 Å². The van der Waals surface area contributed by atoms with Gasteiger partial charge in [-0.3, -0.25) is 4.79 Å². The van der Waals surface area contributed by atoms with Crippen LogP contribution in [0.5, 0.6) is 5.75 Å². The maximum absolute atomic E-state index is 12.9. The second-order valence-electron chi connectivity index (χ2n) is 7.46. The highest BCUT2D eigenvalue weighted by Crippen LogP contribution is 2.23. The predicted octanol–water partition coefficient (Wildman–Crippen LogP) is 2.64. The van der Waals surface area contributed by atoms with E-state index in [0.717, 1.165) is 19.3 Å². The average molecular weight is 444 g/mol. The van der Waals surface area contributed by atoms with Gasteiger partial charge < -0.3 is 10.1 Å². The number of piperidine rings is 1. The van der Waals surface area contributed by atoms with Gasteiger partial charge >= 0.3 is 0 Å². The number of fused-ring (bicyclic) bond motifs is 1. The van der Waals surface area contributed by atoms with E-state index in [1.165, 1.54) is 4.31 Å². The fourth-order valence-corrected chi connectivity index (χ4v) is 5.20. The van der Waals surface area contributed by atoms with Crippen LogP contribution in [0.4, 0.5) is 5.69 Å². The molecule has 1 aromatic heterocycles. The third-order valence-corrected chi connectivity index (χ3v) is 7.24. The summed E-state index contributed by atoms with van der Waals surface area (Å²) in [6, 6.07) is 12.0. The van der Waals surface area contributed by atoms with E-state index in [1.54, 1.807) is 54.3 Å². The molecule has 1 aliphatic rings. The fourth-order valence-electron chi connectivity index (χ4n) is 3.66. The summed E-state index contributed by atoms with van der Waals surface area (Å²) < 4.78 is 34.1. The third kappa shape index (κ3) is 4.70. The number of methoxy groups -OCH3 is 1. The predicted molar refractivity (Wildman–Crippen MR) is 116 cm³/mol. The maximum Gasteiger partial charge on any atom is 0.243 e. The molecule has 1 aliphatic heterocycles. The van der Waals surface area contributed by atoms with Crippen LogP contribution in [0, 0.1) is 0 Å². The standard InChI is InChI=1S/C21H25N5O4S/c1-30-17-7-5-6-16(14-17)22-21(27)10-13-26-20-9-8-18(15-19(20)23-24-26)31(28,29)25-11-3-2-4-12-25/h5-9,14-15H,2-4,10-13H2,1H3,(H,22,27). The molecule has 0 radical (unpaired) electrons. The Balaban J connectivity index is 1.44. The Labute approximate surface area is 181 Å². The normalized spacial score (nSPS) is 15.1. The zero-order valence-corrected chi connectivity index (χ0v) is 18.1. The number of hydrogen-bond donors (Lipinski definition) is 1. The highest BCUT2D eigenvalue weighted by Gasteiger charge is 2.26. The molecule has 0 saturated carbocycles. The molecule has 3 aromatic rings. The molecule has 0 aliphatic carbocycles. The van der Waals surface area contributed by atoms with E-state index in [2.05, 4.69) is 15.6 Å². The van der Waals surface area contributed by atoms with Gasteiger partial charge in [0.1, 0.15) is 11.3 Å². The van der Waals surface area contributed by atoms with Gasteiger partial charge in [0.25, 0.3) is 0 Å². The van der Waals surface area contributed by atoms with E-state index in [4.69, 9.17) is 4.74 Å². The Kier molecular flexibility index (Phi) is 6.19. The van der Waals surface area contributed by atoms with Gasteiger partial charge in [0, 0.05) is 31.3 Å². The second kappa shape index (κ2) is 9.03. The van der Waals surface area contributed by atoms with E-state index in [9.17, 15) is 13.2 Å². The Morgan fingerprint density at radius 3 is 2.71 bits per heavy atom. The minimum Gasteiger partial charge on any atom is -0.497 e. The number of rotatable bonds is 7. The van der Waals surface area contributed by atoms with Gasteiger partial charge in [-0.15, -0.1) is 5.10 Å². The first kappa shape index (κ1) is 21.3. The quantitative estimate of drug-likeness (QED) is 0.602. The SMILES string of the molecule is COc1cccc(NC(=O)CCn2nnc3cc(S(=O)(=O)N4CCCCC4)ccc32)c1. The fraction of sp³-hybridized carbons (Fsp3) is 0.381. The number of carbonyl (C=O) groups is 1. The van der Waals surface area contributed by atoms with Crippen molar-refractivity contribution in [2.45, 2.75) is 37.1 Å². The van der Waals surface area contributed by atoms with E-state index in [1.807, 2.05) is 0 Å². The number of nitrogens with one attached hydrogen (secondary N) is 1. The molecular formula is C21H25N5O4S. The Bertz CT molecular complexity index is 1190. The molecular weight excluding hydrogens is 418 g/mol. The molecule has 0 spiro atoms. The van der Waals surface area contributed by atoms with E-state index in [0.29, 0.717) is 42.1 Å². The van der Waals surface area contributed by atoms with Crippen molar-refractivity contribution in [1.29, 1.82) is 0 Å². The maximum atomic E-state index is 12.9. The molecule has 0 bridgehead atoms. The molecule has 1 N–H and O–H groups in total. The van der Waals surface area contributed by atoms with Gasteiger partial charge in [0.05, 0.1) is 24.1 Å². The Morgan fingerprint density at radius 2 is 1.94 bits per heavy atom. The number of hydrogen-bond acceptors (Lipinski definition) is 6. The van der Waals surface area contributed by atoms with Gasteiger partial charge in [-0.1, -0.05) is 17.7 Å². The van der Waals surface area contributed by atoms with Crippen LogP contribution in [0.25, 0.3) is 11.0 Å². The van der Waals surface area contributed by atoms with Crippen molar-refractivity contribution in [3.63, 3.8) is 0 Å². The number of sulfonamides is 1. The van der Waals surface area contributed by atoms with E-state index >= 15 is 0 Å². The Hall–Kier alpha value is -2.98. The summed E-state index contributed by atoms with van der Waals surface area (Å²) >= 11 is 0. The third-order valence-electron chi connectivity index (χ3n) is 5.34. The molecule has 1 fully saturated rings. The number of aromatic nitrogens is 3. The molecule has 2 heterocycles. The number of aryl methyl sites for hydroxylation is 1. The van der Waals surface area contributed by atoms with Crippen LogP contribution in [-0.4, -0.2) is 53.8 Å². The summed E-state index contributed by atoms with van der Waals surface area (Å²) in [4.78, 5) is 12.5. The van der Waals surface area contributed by atoms with E-state index in [-0.39, 0.29) is 17.2 Å². The van der Waals surface area contributed by atoms with Crippen LogP contribution in [0.15, 0.2) is 47.4 Å². The van der Waals surface area contributed by atoms with Crippen LogP contribution in [0.2, 0.25) is 0 Å². The molecule has 0 unspecified atom stereocenters. The van der Waals surface area contributed by atoms with Crippen LogP contribution in [0.3, 0.4) is 0 Å². The van der Waals surface area contributed by atoms with Gasteiger partial charge in [0.2, 0.25) is 15.9 Å². The number of carbonyl (C=O) groups excluding carboxylic acids is 1. The minimum absolute atomic E-state index is 0.166. The van der Waals surface area contributed by atoms with Crippen molar-refractivity contribution < 1.29 is 17.9 Å². The number of benzene rings is 2. The van der Waals surface area contributed by atoms with Crippen LogP contribution in [0.1, 0.15) is 25.7 Å². The smallest absolute Gasteiger partial charge is 0.243 e. The monoisotopic (exact) mass is 443 g/mol. The minimum atomic E-state index is -3.53. The van der Waals surface area contributed by atoms with Crippen LogP contribution >= 0.6 is 0 Å². The molecule has 4 rings (SSSR count). The van der Waals surface area contributed by atoms with E-state index < -0.39 is 10.0 Å². The summed E-state index contributed by atoms with van der Waals surface area (Å²) in [6.07, 6.45) is 3.03. The first-order valence-electron chi connectivity index (χ1n) is 10.2. The van der Waals surface area contributed by atoms with Crippen molar-refractivity contribution in [3.8, 4) is 5.75 Å². The molecule has 2 aromatic carbocycles. The lowest BCUT2D eigenvalue weighted by atomic mass is 10.2. The summed E-state index contributed by atoms with van der Waals surface area (Å²) in [5.41, 5.74) is 1.83. The molecule has 1 saturated heterocycles. The zero-order valence-electron chi connectivity index (χ0n) is 17.3. The Morgan fingerprint density at radius 1 is 1.13 bits per heavy atom. The molecule has 0 atom stereocenters.